The van der Waals surface area contributed by atoms with Crippen LogP contribution in [0, 0.1) is 12.3 Å². The maximum absolute atomic E-state index is 13.6. The molecule has 2 fully saturated rings. The molecule has 0 amide bonds. The molecule has 1 N–H and O–H groups in total. The summed E-state index contributed by atoms with van der Waals surface area (Å²) >= 11 is 0. The van der Waals surface area contributed by atoms with Crippen molar-refractivity contribution in [3.63, 3.8) is 0 Å². The number of rotatable bonds is 5. The van der Waals surface area contributed by atoms with Gasteiger partial charge in [0.2, 0.25) is 0 Å². The lowest BCUT2D eigenvalue weighted by molar-refractivity contribution is 0.0326. The predicted molar refractivity (Wildman–Crippen MR) is 135 cm³/mol. The van der Waals surface area contributed by atoms with Gasteiger partial charge in [-0.15, -0.1) is 5.10 Å². The van der Waals surface area contributed by atoms with E-state index in [9.17, 15) is 4.79 Å². The van der Waals surface area contributed by atoms with Crippen LogP contribution in [0.4, 0.5) is 0 Å². The average molecular weight is 463 g/mol. The van der Waals surface area contributed by atoms with Crippen molar-refractivity contribution in [1.29, 1.82) is 0 Å². The molecule has 1 aliphatic carbocycles. The molecule has 0 bridgehead atoms. The Balaban J connectivity index is 1.66. The van der Waals surface area contributed by atoms with Gasteiger partial charge in [-0.2, -0.15) is 0 Å². The first-order valence-corrected chi connectivity index (χ1v) is 13.0. The molecular weight excluding hydrogens is 424 g/mol. The van der Waals surface area contributed by atoms with E-state index in [1.54, 1.807) is 0 Å². The molecule has 1 saturated carbocycles. The summed E-state index contributed by atoms with van der Waals surface area (Å²) in [6, 6.07) is 7.98. The molecule has 1 aromatic carbocycles. The molecule has 1 aliphatic heterocycles. The quantitative estimate of drug-likeness (QED) is 0.570. The average Bonchev–Trinajstić information content (AvgIpc) is 3.31. The lowest BCUT2D eigenvalue weighted by Crippen LogP contribution is -2.48. The van der Waals surface area contributed by atoms with Crippen LogP contribution in [0.2, 0.25) is 0 Å². The summed E-state index contributed by atoms with van der Waals surface area (Å²) in [5, 5.41) is 14.2. The fourth-order valence-electron chi connectivity index (χ4n) is 6.22. The normalized spacial score (nSPS) is 20.1. The van der Waals surface area contributed by atoms with Crippen LogP contribution in [-0.4, -0.2) is 43.2 Å². The van der Waals surface area contributed by atoms with Crippen molar-refractivity contribution in [2.45, 2.75) is 90.6 Å². The Morgan fingerprint density at radius 1 is 1.15 bits per heavy atom. The smallest absolute Gasteiger partial charge is 0.253 e. The first-order valence-electron chi connectivity index (χ1n) is 13.0. The maximum Gasteiger partial charge on any atom is 0.253 e. The second-order valence-corrected chi connectivity index (χ2v) is 11.2. The Hall–Kier alpha value is -2.54. The second kappa shape index (κ2) is 8.91. The summed E-state index contributed by atoms with van der Waals surface area (Å²) in [4.78, 5) is 19.3. The Morgan fingerprint density at radius 2 is 1.91 bits per heavy atom. The van der Waals surface area contributed by atoms with Gasteiger partial charge in [-0.1, -0.05) is 44.4 Å². The highest BCUT2D eigenvalue weighted by Crippen LogP contribution is 2.45. The highest BCUT2D eigenvalue weighted by Gasteiger charge is 2.42. The zero-order valence-corrected chi connectivity index (χ0v) is 21.1. The first-order chi connectivity index (χ1) is 16.3. The number of fused-ring (bicyclic) bond motifs is 1. The number of nitrogens with one attached hydrogen (secondary N) is 1. The van der Waals surface area contributed by atoms with Crippen LogP contribution in [0.1, 0.15) is 95.1 Å². The van der Waals surface area contributed by atoms with Crippen LogP contribution < -0.4 is 5.56 Å². The van der Waals surface area contributed by atoms with Gasteiger partial charge in [0.1, 0.15) is 6.04 Å². The molecule has 5 rings (SSSR count). The van der Waals surface area contributed by atoms with Crippen LogP contribution in [0.15, 0.2) is 29.1 Å². The number of aromatic nitrogens is 5. The Morgan fingerprint density at radius 3 is 2.68 bits per heavy atom. The van der Waals surface area contributed by atoms with Gasteiger partial charge in [0.25, 0.3) is 5.56 Å². The van der Waals surface area contributed by atoms with Crippen molar-refractivity contribution >= 4 is 10.9 Å². The summed E-state index contributed by atoms with van der Waals surface area (Å²) in [5.74, 6) is 0.775. The molecule has 0 radical (unpaired) electrons. The van der Waals surface area contributed by atoms with Crippen molar-refractivity contribution in [3.05, 3.63) is 51.6 Å². The predicted octanol–water partition coefficient (Wildman–Crippen LogP) is 5.10. The lowest BCUT2D eigenvalue weighted by atomic mass is 9.69. The molecule has 2 aliphatic rings. The van der Waals surface area contributed by atoms with Gasteiger partial charge in [0.05, 0.1) is 11.1 Å². The van der Waals surface area contributed by atoms with E-state index in [0.717, 1.165) is 53.8 Å². The third-order valence-corrected chi connectivity index (χ3v) is 8.56. The highest BCUT2D eigenvalue weighted by molar-refractivity contribution is 5.82. The monoisotopic (exact) mass is 462 g/mol. The number of H-pyrrole nitrogens is 1. The number of benzene rings is 1. The van der Waals surface area contributed by atoms with E-state index in [-0.39, 0.29) is 17.1 Å². The van der Waals surface area contributed by atoms with Crippen LogP contribution in [0.3, 0.4) is 0 Å². The lowest BCUT2D eigenvalue weighted by Gasteiger charge is -2.47. The molecule has 0 unspecified atom stereocenters. The number of hydrogen-bond donors (Lipinski definition) is 1. The van der Waals surface area contributed by atoms with E-state index < -0.39 is 0 Å². The third-order valence-electron chi connectivity index (χ3n) is 8.56. The van der Waals surface area contributed by atoms with Crippen LogP contribution >= 0.6 is 0 Å². The molecule has 3 aromatic rings. The minimum absolute atomic E-state index is 0.0427. The molecule has 1 spiro atoms. The molecule has 7 heteroatoms. The van der Waals surface area contributed by atoms with Crippen molar-refractivity contribution in [1.82, 2.24) is 30.1 Å². The van der Waals surface area contributed by atoms with Crippen LogP contribution in [-0.2, 0) is 5.54 Å². The number of nitrogens with zero attached hydrogens (tertiary/aromatic N) is 5. The van der Waals surface area contributed by atoms with Gasteiger partial charge in [-0.05, 0) is 92.3 Å². The van der Waals surface area contributed by atoms with Gasteiger partial charge >= 0.3 is 0 Å². The highest BCUT2D eigenvalue weighted by atomic mass is 16.1. The number of hydrogen-bond acceptors (Lipinski definition) is 5. The second-order valence-electron chi connectivity index (χ2n) is 11.2. The molecule has 2 aromatic heterocycles. The van der Waals surface area contributed by atoms with E-state index in [4.69, 9.17) is 0 Å². The van der Waals surface area contributed by atoms with E-state index >= 15 is 0 Å². The largest absolute Gasteiger partial charge is 0.321 e. The summed E-state index contributed by atoms with van der Waals surface area (Å²) < 4.78 is 1.96. The van der Waals surface area contributed by atoms with Gasteiger partial charge in [-0.3, -0.25) is 9.69 Å². The Bertz CT molecular complexity index is 1210. The van der Waals surface area contributed by atoms with Crippen molar-refractivity contribution in [2.75, 3.05) is 13.1 Å². The first kappa shape index (κ1) is 23.2. The molecule has 182 valence electrons. The van der Waals surface area contributed by atoms with Crippen LogP contribution in [0.25, 0.3) is 10.9 Å². The minimum atomic E-state index is -0.270. The van der Waals surface area contributed by atoms with Gasteiger partial charge in [-0.25, -0.2) is 4.68 Å². The fraction of sp³-hybridized carbons (Fsp3) is 0.630. The molecule has 1 atom stereocenters. The van der Waals surface area contributed by atoms with Crippen LogP contribution in [0.5, 0.6) is 0 Å². The number of aromatic amines is 1. The standard InChI is InChI=1S/C27H38N6O/c1-5-26(3,4)33-24(29-30-31-33)23(32-16-10-15-27(18-32)13-7-6-8-14-27)21-17-20-12-9-11-19(2)22(20)28-25(21)34/h9,11-12,17,23H,5-8,10,13-16,18H2,1-4H3,(H,28,34)/t23-/m0/s1. The number of likely N-dealkylation sites (tertiary alicyclic amines) is 1. The summed E-state index contributed by atoms with van der Waals surface area (Å²) in [6.45, 7) is 10.5. The summed E-state index contributed by atoms with van der Waals surface area (Å²) in [5.41, 5.74) is 2.80. The molecule has 3 heterocycles. The molecule has 1 saturated heterocycles. The van der Waals surface area contributed by atoms with Crippen molar-refractivity contribution < 1.29 is 0 Å². The van der Waals surface area contributed by atoms with E-state index in [0.29, 0.717) is 5.41 Å². The number of tetrazole rings is 1. The van der Waals surface area contributed by atoms with Gasteiger partial charge in [0, 0.05) is 12.1 Å². The van der Waals surface area contributed by atoms with Gasteiger partial charge in [0.15, 0.2) is 5.82 Å². The number of para-hydroxylation sites is 1. The zero-order valence-electron chi connectivity index (χ0n) is 21.1. The van der Waals surface area contributed by atoms with Crippen molar-refractivity contribution in [3.8, 4) is 0 Å². The summed E-state index contributed by atoms with van der Waals surface area (Å²) in [6.07, 6.45) is 9.88. The van der Waals surface area contributed by atoms with E-state index in [2.05, 4.69) is 64.4 Å². The minimum Gasteiger partial charge on any atom is -0.321 e. The topological polar surface area (TPSA) is 79.7 Å². The fourth-order valence-corrected chi connectivity index (χ4v) is 6.22. The molecule has 7 nitrogen and oxygen atoms in total. The zero-order chi connectivity index (χ0) is 23.9. The van der Waals surface area contributed by atoms with E-state index in [1.165, 1.54) is 38.5 Å². The molecule has 34 heavy (non-hydrogen) atoms. The Labute approximate surface area is 201 Å². The number of aryl methyl sites for hydroxylation is 1. The number of pyridine rings is 1. The Kier molecular flexibility index (Phi) is 6.09. The molecular formula is C27H38N6O. The maximum atomic E-state index is 13.6. The van der Waals surface area contributed by atoms with E-state index in [1.807, 2.05) is 17.7 Å². The number of piperidine rings is 1. The van der Waals surface area contributed by atoms with Gasteiger partial charge < -0.3 is 4.98 Å². The third kappa shape index (κ3) is 4.08. The van der Waals surface area contributed by atoms with Crippen molar-refractivity contribution in [2.24, 2.45) is 5.41 Å². The summed E-state index contributed by atoms with van der Waals surface area (Å²) in [7, 11) is 0. The SMILES string of the molecule is CCC(C)(C)n1nnnc1[C@H](c1cc2cccc(C)c2[nH]c1=O)N1CCCC2(CCCCC2)C1.